The summed E-state index contributed by atoms with van der Waals surface area (Å²) in [5.41, 5.74) is -1.95. The van der Waals surface area contributed by atoms with Gasteiger partial charge in [-0.05, 0) is 37.0 Å². The van der Waals surface area contributed by atoms with Gasteiger partial charge in [0.15, 0.2) is 6.61 Å². The Hall–Kier alpha value is -4.11. The van der Waals surface area contributed by atoms with Crippen LogP contribution in [-0.4, -0.2) is 50.4 Å². The number of hydrogen-bond donors (Lipinski definition) is 2. The maximum absolute atomic E-state index is 13.1. The van der Waals surface area contributed by atoms with Gasteiger partial charge in [-0.3, -0.25) is 14.3 Å². The number of nitrogens with one attached hydrogen (secondary N) is 2. The molecule has 0 spiro atoms. The predicted octanol–water partition coefficient (Wildman–Crippen LogP) is 3.42. The lowest BCUT2D eigenvalue weighted by Crippen LogP contribution is -2.39. The Morgan fingerprint density at radius 2 is 1.77 bits per heavy atom. The van der Waals surface area contributed by atoms with E-state index in [4.69, 9.17) is 0 Å². The van der Waals surface area contributed by atoms with E-state index in [1.54, 1.807) is 0 Å². The first-order valence-electron chi connectivity index (χ1n) is 11.7. The number of piperidine rings is 1. The van der Waals surface area contributed by atoms with Crippen molar-refractivity contribution >= 4 is 17.5 Å². The number of hydrogen-bond acceptors (Lipinski definition) is 8. The third kappa shape index (κ3) is 7.48. The Labute approximate surface area is 216 Å². The van der Waals surface area contributed by atoms with E-state index in [2.05, 4.69) is 30.0 Å². The highest BCUT2D eigenvalue weighted by Gasteiger charge is 2.31. The molecule has 3 aromatic rings. The third-order valence-corrected chi connectivity index (χ3v) is 6.03. The van der Waals surface area contributed by atoms with Crippen LogP contribution in [0, 0.1) is 5.92 Å². The number of anilines is 3. The smallest absolute Gasteiger partial charge is 0.422 e. The maximum atomic E-state index is 13.1. The first-order chi connectivity index (χ1) is 18.3. The van der Waals surface area contributed by atoms with E-state index >= 15 is 0 Å². The zero-order chi connectivity index (χ0) is 28.4. The molecule has 0 unspecified atom stereocenters. The number of ether oxygens (including phenoxy) is 1. The second-order valence-corrected chi connectivity index (χ2v) is 8.96. The molecule has 1 saturated heterocycles. The van der Waals surface area contributed by atoms with Gasteiger partial charge in [-0.2, -0.15) is 41.3 Å². The molecule has 0 bridgehead atoms. The second-order valence-electron chi connectivity index (χ2n) is 8.96. The first kappa shape index (κ1) is 27.9. The minimum absolute atomic E-state index is 0.0150. The summed E-state index contributed by atoms with van der Waals surface area (Å²) in [6.07, 6.45) is -7.87. The van der Waals surface area contributed by atoms with Gasteiger partial charge in [-0.1, -0.05) is 6.07 Å². The highest BCUT2D eigenvalue weighted by molar-refractivity contribution is 5.55. The quantitative estimate of drug-likeness (QED) is 0.423. The number of H-pyrrole nitrogens is 1. The summed E-state index contributed by atoms with van der Waals surface area (Å²) in [6.45, 7) is -0.705. The van der Waals surface area contributed by atoms with Crippen LogP contribution in [0.15, 0.2) is 39.9 Å². The minimum atomic E-state index is -4.66. The maximum Gasteiger partial charge on any atom is 0.422 e. The molecule has 4 rings (SSSR count). The number of benzene rings is 1. The molecule has 1 aliphatic rings. The van der Waals surface area contributed by atoms with Crippen LogP contribution >= 0.6 is 0 Å². The van der Waals surface area contributed by atoms with Crippen molar-refractivity contribution in [3.8, 4) is 6.01 Å². The minimum Gasteiger partial charge on any atom is -0.454 e. The van der Waals surface area contributed by atoms with Crippen LogP contribution in [0.3, 0.4) is 0 Å². The topological polar surface area (TPSA) is 118 Å². The molecule has 2 aromatic heterocycles. The summed E-state index contributed by atoms with van der Waals surface area (Å²) in [5, 5.41) is 2.58. The largest absolute Gasteiger partial charge is 0.454 e. The Morgan fingerprint density at radius 3 is 2.41 bits per heavy atom. The van der Waals surface area contributed by atoms with Gasteiger partial charge in [0.2, 0.25) is 5.95 Å². The predicted molar refractivity (Wildman–Crippen MR) is 127 cm³/mol. The van der Waals surface area contributed by atoms with Crippen molar-refractivity contribution in [3.63, 3.8) is 0 Å². The van der Waals surface area contributed by atoms with E-state index in [0.29, 0.717) is 31.7 Å². The summed E-state index contributed by atoms with van der Waals surface area (Å²) in [4.78, 5) is 40.3. The van der Waals surface area contributed by atoms with Gasteiger partial charge in [-0.15, -0.1) is 0 Å². The molecule has 210 valence electrons. The van der Waals surface area contributed by atoms with Crippen molar-refractivity contribution in [2.24, 2.45) is 13.0 Å². The van der Waals surface area contributed by atoms with E-state index in [-0.39, 0.29) is 29.8 Å². The van der Waals surface area contributed by atoms with Crippen LogP contribution < -0.4 is 26.2 Å². The molecule has 0 amide bonds. The summed E-state index contributed by atoms with van der Waals surface area (Å²) in [7, 11) is 1.36. The molecular formula is C23H23F6N7O3. The Bertz CT molecular complexity index is 1400. The van der Waals surface area contributed by atoms with Gasteiger partial charge < -0.3 is 15.0 Å². The molecule has 0 atom stereocenters. The molecule has 3 heterocycles. The van der Waals surface area contributed by atoms with Crippen LogP contribution in [0.1, 0.15) is 24.2 Å². The van der Waals surface area contributed by atoms with Crippen LogP contribution in [0.4, 0.5) is 43.8 Å². The lowest BCUT2D eigenvalue weighted by atomic mass is 9.93. The van der Waals surface area contributed by atoms with E-state index in [0.717, 1.165) is 22.8 Å². The van der Waals surface area contributed by atoms with Crippen molar-refractivity contribution in [3.05, 3.63) is 62.6 Å². The second kappa shape index (κ2) is 10.9. The molecule has 39 heavy (non-hydrogen) atoms. The molecule has 16 heteroatoms. The zero-order valence-corrected chi connectivity index (χ0v) is 20.4. The zero-order valence-electron chi connectivity index (χ0n) is 20.4. The van der Waals surface area contributed by atoms with Crippen LogP contribution in [-0.2, 0) is 19.6 Å². The number of alkyl halides is 6. The monoisotopic (exact) mass is 559 g/mol. The Morgan fingerprint density at radius 1 is 1.05 bits per heavy atom. The molecule has 10 nitrogen and oxygen atoms in total. The van der Waals surface area contributed by atoms with E-state index < -0.39 is 41.8 Å². The van der Waals surface area contributed by atoms with Crippen molar-refractivity contribution in [2.45, 2.75) is 31.6 Å². The average molecular weight is 559 g/mol. The van der Waals surface area contributed by atoms with Gasteiger partial charge in [0.05, 0.1) is 5.56 Å². The lowest BCUT2D eigenvalue weighted by Gasteiger charge is -2.32. The van der Waals surface area contributed by atoms with Gasteiger partial charge in [0.1, 0.15) is 11.6 Å². The molecule has 2 N–H and O–H groups in total. The van der Waals surface area contributed by atoms with E-state index in [1.165, 1.54) is 19.2 Å². The highest BCUT2D eigenvalue weighted by Crippen LogP contribution is 2.31. The first-order valence-corrected chi connectivity index (χ1v) is 11.7. The number of nitrogens with zero attached hydrogens (tertiary/aromatic N) is 5. The summed E-state index contributed by atoms with van der Waals surface area (Å²) in [5.74, 6) is 0.194. The van der Waals surface area contributed by atoms with Crippen molar-refractivity contribution in [1.29, 1.82) is 0 Å². The van der Waals surface area contributed by atoms with E-state index in [9.17, 15) is 35.9 Å². The lowest BCUT2D eigenvalue weighted by molar-refractivity contribution is -0.154. The van der Waals surface area contributed by atoms with Crippen LogP contribution in [0.5, 0.6) is 6.01 Å². The number of aromatic nitrogens is 5. The molecule has 1 fully saturated rings. The van der Waals surface area contributed by atoms with E-state index in [1.807, 2.05) is 4.90 Å². The Balaban J connectivity index is 1.50. The van der Waals surface area contributed by atoms with Gasteiger partial charge in [0, 0.05) is 38.3 Å². The molecule has 0 saturated carbocycles. The van der Waals surface area contributed by atoms with Crippen molar-refractivity contribution in [1.82, 2.24) is 24.5 Å². The SMILES string of the molecule is Cn1c(=O)cc(N2CCC(Cc3nc(Nc4cccc(C(F)(F)F)c4)nc(OCC(F)(F)F)n3)CC2)[nH]c1=O. The summed E-state index contributed by atoms with van der Waals surface area (Å²) in [6, 6.07) is 4.88. The summed E-state index contributed by atoms with van der Waals surface area (Å²) >= 11 is 0. The Kier molecular flexibility index (Phi) is 7.83. The van der Waals surface area contributed by atoms with Crippen molar-refractivity contribution in [2.75, 3.05) is 29.9 Å². The van der Waals surface area contributed by atoms with Crippen molar-refractivity contribution < 1.29 is 31.1 Å². The van der Waals surface area contributed by atoms with Crippen LogP contribution in [0.25, 0.3) is 0 Å². The van der Waals surface area contributed by atoms with Crippen LogP contribution in [0.2, 0.25) is 0 Å². The third-order valence-electron chi connectivity index (χ3n) is 6.03. The fraction of sp³-hybridized carbons (Fsp3) is 0.435. The van der Waals surface area contributed by atoms with Gasteiger partial charge in [-0.25, -0.2) is 4.79 Å². The molecule has 0 aliphatic carbocycles. The summed E-state index contributed by atoms with van der Waals surface area (Å²) < 4.78 is 82.9. The molecular weight excluding hydrogens is 536 g/mol. The number of halogens is 6. The molecule has 1 aliphatic heterocycles. The fourth-order valence-electron chi connectivity index (χ4n) is 4.01. The fourth-order valence-corrected chi connectivity index (χ4v) is 4.01. The standard InChI is InChI=1S/C23H23F6N7O3/c1-35-18(37)11-17(33-21(35)38)36-7-5-13(6-8-36)9-16-31-19(34-20(32-16)39-12-22(24,25)26)30-15-4-2-3-14(10-15)23(27,28)29/h2-4,10-11,13H,5-9,12H2,1H3,(H,33,38)(H,30,31,32,34). The van der Waals surface area contributed by atoms with Gasteiger partial charge >= 0.3 is 24.1 Å². The van der Waals surface area contributed by atoms with Gasteiger partial charge in [0.25, 0.3) is 5.56 Å². The number of rotatable bonds is 7. The average Bonchev–Trinajstić information content (AvgIpc) is 2.85. The molecule has 0 radical (unpaired) electrons. The number of aromatic amines is 1. The molecule has 1 aromatic carbocycles. The normalized spacial score (nSPS) is 14.9. The highest BCUT2D eigenvalue weighted by atomic mass is 19.4.